The van der Waals surface area contributed by atoms with Crippen LogP contribution in [0.1, 0.15) is 5.69 Å². The summed E-state index contributed by atoms with van der Waals surface area (Å²) in [5, 5.41) is 0.980. The van der Waals surface area contributed by atoms with E-state index >= 15 is 0 Å². The number of nitrogens with two attached hydrogens (primary N) is 2. The van der Waals surface area contributed by atoms with Crippen molar-refractivity contribution >= 4 is 22.4 Å². The second-order valence-corrected chi connectivity index (χ2v) is 4.36. The van der Waals surface area contributed by atoms with Gasteiger partial charge in [0.1, 0.15) is 17.5 Å². The van der Waals surface area contributed by atoms with Crippen molar-refractivity contribution in [1.29, 1.82) is 0 Å². The monoisotopic (exact) mass is 267 g/mol. The Labute approximate surface area is 115 Å². The number of rotatable bonds is 2. The van der Waals surface area contributed by atoms with Gasteiger partial charge in [0.05, 0.1) is 0 Å². The first kappa shape index (κ1) is 12.2. The number of pyridine rings is 1. The van der Waals surface area contributed by atoms with Crippen LogP contribution in [-0.2, 0) is 0 Å². The molecular weight excluding hydrogens is 254 g/mol. The number of aromatic nitrogens is 3. The molecule has 3 rings (SSSR count). The van der Waals surface area contributed by atoms with Crippen LogP contribution in [-0.4, -0.2) is 15.0 Å². The zero-order valence-corrected chi connectivity index (χ0v) is 10.9. The van der Waals surface area contributed by atoms with Gasteiger partial charge in [-0.1, -0.05) is 18.2 Å². The summed E-state index contributed by atoms with van der Waals surface area (Å²) >= 11 is 0. The molecule has 0 saturated carbocycles. The van der Waals surface area contributed by atoms with E-state index in [2.05, 4.69) is 15.0 Å². The normalized spacial score (nSPS) is 10.7. The Morgan fingerprint density at radius 1 is 1.05 bits per heavy atom. The van der Waals surface area contributed by atoms with Crippen LogP contribution < -0.4 is 16.2 Å². The molecule has 0 saturated heterocycles. The summed E-state index contributed by atoms with van der Waals surface area (Å²) in [4.78, 5) is 12.3. The minimum absolute atomic E-state index is 0.194. The Bertz CT molecular complexity index is 788. The summed E-state index contributed by atoms with van der Waals surface area (Å²) < 4.78 is 5.74. The van der Waals surface area contributed by atoms with E-state index in [1.54, 1.807) is 0 Å². The molecule has 0 spiro atoms. The molecule has 0 fully saturated rings. The largest absolute Gasteiger partial charge is 0.435 e. The molecule has 2 aromatic heterocycles. The minimum Gasteiger partial charge on any atom is -0.435 e. The predicted octanol–water partition coefficient (Wildman–Crippen LogP) is 2.29. The Morgan fingerprint density at radius 3 is 2.75 bits per heavy atom. The lowest BCUT2D eigenvalue weighted by molar-refractivity contribution is 0.469. The standard InChI is InChI=1S/C14H13N5O/c1-8-5-6-9-3-2-4-10(12(9)19-8)20-14-11(15)13(16)17-7-18-14/h2-7H,15H2,1H3,(H2,16,17,18). The number of ether oxygens (including phenoxy) is 1. The number of nitrogens with zero attached hydrogens (tertiary/aromatic N) is 3. The molecule has 2 heterocycles. The van der Waals surface area contributed by atoms with Crippen LogP contribution in [0.15, 0.2) is 36.7 Å². The van der Waals surface area contributed by atoms with Crippen molar-refractivity contribution in [3.05, 3.63) is 42.4 Å². The van der Waals surface area contributed by atoms with Gasteiger partial charge >= 0.3 is 0 Å². The lowest BCUT2D eigenvalue weighted by Gasteiger charge is -2.10. The van der Waals surface area contributed by atoms with E-state index in [9.17, 15) is 0 Å². The lowest BCUT2D eigenvalue weighted by Crippen LogP contribution is -2.02. The Hall–Kier alpha value is -2.89. The highest BCUT2D eigenvalue weighted by atomic mass is 16.5. The Balaban J connectivity index is 2.11. The third-order valence-corrected chi connectivity index (χ3v) is 2.91. The molecular formula is C14H13N5O. The molecule has 0 atom stereocenters. The van der Waals surface area contributed by atoms with Gasteiger partial charge in [-0.2, -0.15) is 4.98 Å². The number of hydrogen-bond donors (Lipinski definition) is 2. The summed E-state index contributed by atoms with van der Waals surface area (Å²) in [6.45, 7) is 1.92. The van der Waals surface area contributed by atoms with E-state index in [0.717, 1.165) is 16.6 Å². The third kappa shape index (κ3) is 2.07. The summed E-state index contributed by atoms with van der Waals surface area (Å²) in [6.07, 6.45) is 1.31. The number of para-hydroxylation sites is 1. The summed E-state index contributed by atoms with van der Waals surface area (Å²) in [6, 6.07) is 9.60. The molecule has 0 unspecified atom stereocenters. The molecule has 0 radical (unpaired) electrons. The first-order chi connectivity index (χ1) is 9.65. The van der Waals surface area contributed by atoms with Gasteiger partial charge in [0.25, 0.3) is 0 Å². The van der Waals surface area contributed by atoms with Crippen LogP contribution in [0.4, 0.5) is 11.5 Å². The predicted molar refractivity (Wildman–Crippen MR) is 77.4 cm³/mol. The van der Waals surface area contributed by atoms with Gasteiger partial charge in [-0.15, -0.1) is 0 Å². The fraction of sp³-hybridized carbons (Fsp3) is 0.0714. The first-order valence-corrected chi connectivity index (χ1v) is 6.05. The van der Waals surface area contributed by atoms with Crippen molar-refractivity contribution in [1.82, 2.24) is 15.0 Å². The molecule has 100 valence electrons. The number of hydrogen-bond acceptors (Lipinski definition) is 6. The van der Waals surface area contributed by atoms with Crippen molar-refractivity contribution in [2.75, 3.05) is 11.5 Å². The fourth-order valence-corrected chi connectivity index (χ4v) is 1.88. The van der Waals surface area contributed by atoms with Gasteiger partial charge in [-0.3, -0.25) is 0 Å². The summed E-state index contributed by atoms with van der Waals surface area (Å²) in [5.74, 6) is 1.00. The van der Waals surface area contributed by atoms with Crippen molar-refractivity contribution < 1.29 is 4.74 Å². The highest BCUT2D eigenvalue weighted by Gasteiger charge is 2.10. The maximum atomic E-state index is 5.81. The van der Waals surface area contributed by atoms with E-state index in [0.29, 0.717) is 5.75 Å². The first-order valence-electron chi connectivity index (χ1n) is 6.05. The molecule has 0 aliphatic heterocycles. The van der Waals surface area contributed by atoms with Crippen LogP contribution in [0.5, 0.6) is 11.6 Å². The lowest BCUT2D eigenvalue weighted by atomic mass is 10.2. The van der Waals surface area contributed by atoms with Gasteiger partial charge in [0.15, 0.2) is 11.6 Å². The van der Waals surface area contributed by atoms with Crippen molar-refractivity contribution in [2.45, 2.75) is 6.92 Å². The second-order valence-electron chi connectivity index (χ2n) is 4.36. The number of nitrogen functional groups attached to an aromatic ring is 2. The van der Waals surface area contributed by atoms with Crippen LogP contribution in [0, 0.1) is 6.92 Å². The van der Waals surface area contributed by atoms with Crippen LogP contribution in [0.3, 0.4) is 0 Å². The van der Waals surface area contributed by atoms with Crippen molar-refractivity contribution in [2.24, 2.45) is 0 Å². The van der Waals surface area contributed by atoms with Gasteiger partial charge in [0, 0.05) is 11.1 Å². The van der Waals surface area contributed by atoms with Gasteiger partial charge in [0.2, 0.25) is 5.88 Å². The smallest absolute Gasteiger partial charge is 0.248 e. The summed E-state index contributed by atoms with van der Waals surface area (Å²) in [5.41, 5.74) is 13.3. The average molecular weight is 267 g/mol. The van der Waals surface area contributed by atoms with Gasteiger partial charge < -0.3 is 16.2 Å². The van der Waals surface area contributed by atoms with Crippen molar-refractivity contribution in [3.8, 4) is 11.6 Å². The number of fused-ring (bicyclic) bond motifs is 1. The van der Waals surface area contributed by atoms with E-state index in [4.69, 9.17) is 16.2 Å². The number of benzene rings is 1. The molecule has 0 bridgehead atoms. The molecule has 6 nitrogen and oxygen atoms in total. The van der Waals surface area contributed by atoms with E-state index in [1.165, 1.54) is 6.33 Å². The Kier molecular flexibility index (Phi) is 2.83. The second kappa shape index (κ2) is 4.65. The van der Waals surface area contributed by atoms with E-state index < -0.39 is 0 Å². The molecule has 4 N–H and O–H groups in total. The molecule has 3 aromatic rings. The topological polar surface area (TPSA) is 99.9 Å². The van der Waals surface area contributed by atoms with Crippen LogP contribution in [0.25, 0.3) is 10.9 Å². The van der Waals surface area contributed by atoms with Crippen LogP contribution >= 0.6 is 0 Å². The molecule has 0 aliphatic rings. The number of anilines is 2. The molecule has 6 heteroatoms. The highest BCUT2D eigenvalue weighted by Crippen LogP contribution is 2.31. The molecule has 0 aliphatic carbocycles. The van der Waals surface area contributed by atoms with E-state index in [-0.39, 0.29) is 17.4 Å². The zero-order valence-electron chi connectivity index (χ0n) is 10.9. The molecule has 20 heavy (non-hydrogen) atoms. The number of aryl methyl sites for hydroxylation is 1. The zero-order chi connectivity index (χ0) is 14.1. The maximum absolute atomic E-state index is 5.81. The van der Waals surface area contributed by atoms with Gasteiger partial charge in [-0.05, 0) is 19.1 Å². The quantitative estimate of drug-likeness (QED) is 0.738. The third-order valence-electron chi connectivity index (χ3n) is 2.91. The minimum atomic E-state index is 0.194. The summed E-state index contributed by atoms with van der Waals surface area (Å²) in [7, 11) is 0. The van der Waals surface area contributed by atoms with E-state index in [1.807, 2.05) is 37.3 Å². The maximum Gasteiger partial charge on any atom is 0.248 e. The Morgan fingerprint density at radius 2 is 1.90 bits per heavy atom. The average Bonchev–Trinajstić information content (AvgIpc) is 2.44. The molecule has 0 amide bonds. The highest BCUT2D eigenvalue weighted by molar-refractivity contribution is 5.85. The SMILES string of the molecule is Cc1ccc2cccc(Oc3ncnc(N)c3N)c2n1. The van der Waals surface area contributed by atoms with Crippen molar-refractivity contribution in [3.63, 3.8) is 0 Å². The van der Waals surface area contributed by atoms with Crippen LogP contribution in [0.2, 0.25) is 0 Å². The molecule has 1 aromatic carbocycles. The van der Waals surface area contributed by atoms with Gasteiger partial charge in [-0.25, -0.2) is 9.97 Å². The fourth-order valence-electron chi connectivity index (χ4n) is 1.88.